The van der Waals surface area contributed by atoms with Gasteiger partial charge in [0, 0.05) is 32.9 Å². The predicted molar refractivity (Wildman–Crippen MR) is 125 cm³/mol. The van der Waals surface area contributed by atoms with E-state index in [4.69, 9.17) is 4.74 Å². The Morgan fingerprint density at radius 2 is 1.65 bits per heavy atom. The van der Waals surface area contributed by atoms with Gasteiger partial charge < -0.3 is 19.7 Å². The van der Waals surface area contributed by atoms with Gasteiger partial charge in [-0.2, -0.15) is 0 Å². The average Bonchev–Trinajstić information content (AvgIpc) is 3.37. The number of carbonyl (C=O) groups excluding carboxylic acids is 3. The molecule has 0 bridgehead atoms. The number of benzene rings is 2. The van der Waals surface area contributed by atoms with Gasteiger partial charge in [-0.05, 0) is 55.3 Å². The van der Waals surface area contributed by atoms with Crippen molar-refractivity contribution in [2.45, 2.75) is 17.7 Å². The largest absolute Gasteiger partial charge is 0.465 e. The minimum atomic E-state index is -3.76. The minimum Gasteiger partial charge on any atom is -0.465 e. The van der Waals surface area contributed by atoms with Crippen LogP contribution in [0, 0.1) is 0 Å². The third-order valence-corrected chi connectivity index (χ3v) is 7.15. The zero-order valence-electron chi connectivity index (χ0n) is 19.2. The number of carbonyl (C=O) groups is 3. The highest BCUT2D eigenvalue weighted by molar-refractivity contribution is 7.89. The maximum absolute atomic E-state index is 12.9. The molecule has 0 spiro atoms. The van der Waals surface area contributed by atoms with Gasteiger partial charge in [0.2, 0.25) is 10.0 Å². The van der Waals surface area contributed by atoms with Crippen LogP contribution in [-0.4, -0.2) is 71.5 Å². The summed E-state index contributed by atoms with van der Waals surface area (Å²) in [5, 5.41) is 2.57. The number of sulfonamides is 1. The molecule has 0 saturated carbocycles. The third kappa shape index (κ3) is 5.72. The number of nitrogens with zero attached hydrogens (tertiary/aromatic N) is 2. The second kappa shape index (κ2) is 10.7. The summed E-state index contributed by atoms with van der Waals surface area (Å²) in [6.45, 7) is 0.909. The molecular weight excluding hydrogens is 462 g/mol. The number of anilines is 2. The molecule has 2 aromatic carbocycles. The number of rotatable bonds is 8. The number of nitrogens with one attached hydrogen (secondary N) is 1. The number of amides is 1. The Morgan fingerprint density at radius 3 is 2.24 bits per heavy atom. The maximum atomic E-state index is 12.9. The summed E-state index contributed by atoms with van der Waals surface area (Å²) in [4.78, 5) is 38.6. The van der Waals surface area contributed by atoms with Gasteiger partial charge in [-0.3, -0.25) is 4.79 Å². The Kier molecular flexibility index (Phi) is 7.90. The van der Waals surface area contributed by atoms with Crippen LogP contribution in [0.25, 0.3) is 0 Å². The van der Waals surface area contributed by atoms with E-state index in [0.29, 0.717) is 16.9 Å². The van der Waals surface area contributed by atoms with E-state index >= 15 is 0 Å². The molecule has 1 heterocycles. The molecule has 1 amide bonds. The monoisotopic (exact) mass is 489 g/mol. The molecule has 182 valence electrons. The van der Waals surface area contributed by atoms with E-state index in [1.165, 1.54) is 57.6 Å². The van der Waals surface area contributed by atoms with E-state index in [-0.39, 0.29) is 10.5 Å². The highest BCUT2D eigenvalue weighted by Gasteiger charge is 2.25. The first-order valence-corrected chi connectivity index (χ1v) is 12.0. The van der Waals surface area contributed by atoms with Gasteiger partial charge in [0.05, 0.1) is 28.8 Å². The van der Waals surface area contributed by atoms with Crippen LogP contribution in [0.2, 0.25) is 0 Å². The average molecular weight is 490 g/mol. The molecule has 1 fully saturated rings. The summed E-state index contributed by atoms with van der Waals surface area (Å²) in [5.74, 6) is -1.88. The summed E-state index contributed by atoms with van der Waals surface area (Å²) >= 11 is 0. The van der Waals surface area contributed by atoms with Crippen molar-refractivity contribution in [1.29, 1.82) is 0 Å². The molecule has 0 unspecified atom stereocenters. The molecule has 0 atom stereocenters. The quantitative estimate of drug-likeness (QED) is 0.560. The van der Waals surface area contributed by atoms with Gasteiger partial charge in [0.1, 0.15) is 0 Å². The van der Waals surface area contributed by atoms with Crippen molar-refractivity contribution < 1.29 is 32.3 Å². The summed E-state index contributed by atoms with van der Waals surface area (Å²) in [7, 11) is 0.322. The predicted octanol–water partition coefficient (Wildman–Crippen LogP) is 2.12. The topological polar surface area (TPSA) is 122 Å². The maximum Gasteiger partial charge on any atom is 0.340 e. The first-order chi connectivity index (χ1) is 16.1. The lowest BCUT2D eigenvalue weighted by Gasteiger charge is -2.22. The number of hydrogen-bond acceptors (Lipinski definition) is 8. The molecule has 1 N–H and O–H groups in total. The van der Waals surface area contributed by atoms with E-state index in [9.17, 15) is 22.8 Å². The van der Waals surface area contributed by atoms with Crippen LogP contribution in [-0.2, 0) is 24.3 Å². The molecule has 34 heavy (non-hydrogen) atoms. The van der Waals surface area contributed by atoms with Crippen molar-refractivity contribution in [3.63, 3.8) is 0 Å². The van der Waals surface area contributed by atoms with E-state index in [0.717, 1.165) is 30.2 Å². The van der Waals surface area contributed by atoms with Gasteiger partial charge in [-0.15, -0.1) is 0 Å². The molecule has 11 heteroatoms. The minimum absolute atomic E-state index is 0.0393. The number of hydrogen-bond donors (Lipinski definition) is 1. The van der Waals surface area contributed by atoms with Crippen molar-refractivity contribution in [2.75, 3.05) is 51.1 Å². The van der Waals surface area contributed by atoms with Crippen LogP contribution >= 0.6 is 0 Å². The van der Waals surface area contributed by atoms with Crippen molar-refractivity contribution >= 4 is 39.2 Å². The van der Waals surface area contributed by atoms with Crippen LogP contribution in [0.4, 0.5) is 11.4 Å². The SMILES string of the molecule is COC(=O)c1ccc(NC(=O)COC(=O)c2cc(S(=O)(=O)N(C)C)ccc2N2CCCC2)cc1. The van der Waals surface area contributed by atoms with E-state index < -0.39 is 34.5 Å². The molecular formula is C23H27N3O7S. The first-order valence-electron chi connectivity index (χ1n) is 10.6. The van der Waals surface area contributed by atoms with Crippen LogP contribution in [0.1, 0.15) is 33.6 Å². The molecule has 10 nitrogen and oxygen atoms in total. The van der Waals surface area contributed by atoms with Crippen molar-refractivity contribution in [1.82, 2.24) is 4.31 Å². The van der Waals surface area contributed by atoms with Crippen molar-refractivity contribution in [2.24, 2.45) is 0 Å². The summed E-state index contributed by atoms with van der Waals surface area (Å²) in [6.07, 6.45) is 1.92. The van der Waals surface area contributed by atoms with Crippen molar-refractivity contribution in [3.05, 3.63) is 53.6 Å². The van der Waals surface area contributed by atoms with Gasteiger partial charge in [-0.25, -0.2) is 22.3 Å². The van der Waals surface area contributed by atoms with Crippen molar-refractivity contribution in [3.8, 4) is 0 Å². The van der Waals surface area contributed by atoms with E-state index in [2.05, 4.69) is 10.1 Å². The van der Waals surface area contributed by atoms with Gasteiger partial charge >= 0.3 is 11.9 Å². The Morgan fingerprint density at radius 1 is 1.00 bits per heavy atom. The number of esters is 2. The summed E-state index contributed by atoms with van der Waals surface area (Å²) in [5.41, 5.74) is 1.39. The summed E-state index contributed by atoms with van der Waals surface area (Å²) < 4.78 is 36.0. The molecule has 0 aliphatic carbocycles. The second-order valence-electron chi connectivity index (χ2n) is 7.85. The fourth-order valence-corrected chi connectivity index (χ4v) is 4.43. The first kappa shape index (κ1) is 25.2. The smallest absolute Gasteiger partial charge is 0.340 e. The molecule has 0 radical (unpaired) electrons. The fraction of sp³-hybridized carbons (Fsp3) is 0.348. The van der Waals surface area contributed by atoms with Gasteiger partial charge in [-0.1, -0.05) is 0 Å². The molecule has 3 rings (SSSR count). The van der Waals surface area contributed by atoms with Gasteiger partial charge in [0.25, 0.3) is 5.91 Å². The molecule has 1 aliphatic heterocycles. The summed E-state index contributed by atoms with van der Waals surface area (Å²) in [6, 6.07) is 10.4. The molecule has 0 aromatic heterocycles. The van der Waals surface area contributed by atoms with Crippen LogP contribution < -0.4 is 10.2 Å². The van der Waals surface area contributed by atoms with Crippen LogP contribution in [0.15, 0.2) is 47.4 Å². The normalized spacial score (nSPS) is 13.6. The molecule has 1 aliphatic rings. The Labute approximate surface area is 198 Å². The lowest BCUT2D eigenvalue weighted by molar-refractivity contribution is -0.119. The van der Waals surface area contributed by atoms with E-state index in [1.807, 2.05) is 4.90 Å². The number of methoxy groups -OCH3 is 1. The fourth-order valence-electron chi connectivity index (χ4n) is 3.50. The lowest BCUT2D eigenvalue weighted by Crippen LogP contribution is -2.26. The highest BCUT2D eigenvalue weighted by Crippen LogP contribution is 2.28. The zero-order valence-corrected chi connectivity index (χ0v) is 20.1. The van der Waals surface area contributed by atoms with E-state index in [1.54, 1.807) is 6.07 Å². The highest BCUT2D eigenvalue weighted by atomic mass is 32.2. The number of ether oxygens (including phenoxy) is 2. The molecule has 1 saturated heterocycles. The Balaban J connectivity index is 1.73. The molecule has 2 aromatic rings. The second-order valence-corrected chi connectivity index (χ2v) is 10.0. The van der Waals surface area contributed by atoms with Gasteiger partial charge in [0.15, 0.2) is 6.61 Å². The van der Waals surface area contributed by atoms with Crippen LogP contribution in [0.5, 0.6) is 0 Å². The lowest BCUT2D eigenvalue weighted by atomic mass is 10.1. The van der Waals surface area contributed by atoms with Crippen LogP contribution in [0.3, 0.4) is 0 Å². The third-order valence-electron chi connectivity index (χ3n) is 5.34. The Hall–Kier alpha value is -3.44. The zero-order chi connectivity index (χ0) is 24.9. The standard InChI is InChI=1S/C23H27N3O7S/c1-25(2)34(30,31)18-10-11-20(26-12-4-5-13-26)19(14-18)23(29)33-15-21(27)24-17-8-6-16(7-9-17)22(28)32-3/h6-11,14H,4-5,12-13,15H2,1-3H3,(H,24,27). The Bertz CT molecular complexity index is 1170.